The fraction of sp³-hybridized carbons (Fsp3) is 1.00. The van der Waals surface area contributed by atoms with Gasteiger partial charge < -0.3 is 14.8 Å². The topological polar surface area (TPSA) is 30.5 Å². The summed E-state index contributed by atoms with van der Waals surface area (Å²) in [7, 11) is 1.77. The minimum atomic E-state index is -4.26. The molecule has 0 aliphatic heterocycles. The van der Waals surface area contributed by atoms with Crippen LogP contribution in [-0.2, 0) is 9.47 Å². The minimum Gasteiger partial charge on any atom is -0.374 e. The Kier molecular flexibility index (Phi) is 5.01. The number of nitrogens with one attached hydrogen (secondary N) is 1. The third-order valence-corrected chi connectivity index (χ3v) is 2.60. The molecule has 0 aromatic rings. The fourth-order valence-electron chi connectivity index (χ4n) is 1.71. The molecule has 1 fully saturated rings. The molecule has 0 aromatic carbocycles. The second-order valence-electron chi connectivity index (χ2n) is 3.93. The standard InChI is InChI=1S/C10H18F3NO2/c1-3-4-15-9-7(14-2)5-8(9)16-6-10(11,12)13/h7-9,14H,3-6H2,1-2H3. The van der Waals surface area contributed by atoms with Crippen molar-refractivity contribution in [1.82, 2.24) is 5.32 Å². The van der Waals surface area contributed by atoms with Gasteiger partial charge >= 0.3 is 6.18 Å². The Hall–Kier alpha value is -0.330. The highest BCUT2D eigenvalue weighted by atomic mass is 19.4. The lowest BCUT2D eigenvalue weighted by molar-refractivity contribution is -0.220. The van der Waals surface area contributed by atoms with Gasteiger partial charge in [-0.2, -0.15) is 13.2 Å². The van der Waals surface area contributed by atoms with E-state index in [1.54, 1.807) is 7.05 Å². The number of hydrogen-bond donors (Lipinski definition) is 1. The van der Waals surface area contributed by atoms with Gasteiger partial charge in [-0.1, -0.05) is 6.92 Å². The number of rotatable bonds is 6. The molecule has 0 spiro atoms. The van der Waals surface area contributed by atoms with Crippen molar-refractivity contribution in [2.75, 3.05) is 20.3 Å². The molecule has 0 heterocycles. The summed E-state index contributed by atoms with van der Waals surface area (Å²) in [5.41, 5.74) is 0. The van der Waals surface area contributed by atoms with E-state index in [0.717, 1.165) is 6.42 Å². The van der Waals surface area contributed by atoms with Crippen molar-refractivity contribution in [3.8, 4) is 0 Å². The largest absolute Gasteiger partial charge is 0.411 e. The Balaban J connectivity index is 2.31. The molecule has 0 bridgehead atoms. The molecule has 6 heteroatoms. The van der Waals surface area contributed by atoms with Crippen molar-refractivity contribution in [3.05, 3.63) is 0 Å². The summed E-state index contributed by atoms with van der Waals surface area (Å²) in [5.74, 6) is 0. The van der Waals surface area contributed by atoms with E-state index in [1.807, 2.05) is 6.92 Å². The summed E-state index contributed by atoms with van der Waals surface area (Å²) in [4.78, 5) is 0. The van der Waals surface area contributed by atoms with Crippen LogP contribution in [0.5, 0.6) is 0 Å². The van der Waals surface area contributed by atoms with Crippen LogP contribution in [0, 0.1) is 0 Å². The maximum Gasteiger partial charge on any atom is 0.411 e. The summed E-state index contributed by atoms with van der Waals surface area (Å²) < 4.78 is 46.1. The van der Waals surface area contributed by atoms with Crippen LogP contribution in [0.25, 0.3) is 0 Å². The van der Waals surface area contributed by atoms with Crippen LogP contribution in [0.1, 0.15) is 19.8 Å². The van der Waals surface area contributed by atoms with E-state index in [9.17, 15) is 13.2 Å². The van der Waals surface area contributed by atoms with Gasteiger partial charge in [0.05, 0.1) is 12.2 Å². The normalized spacial score (nSPS) is 30.2. The predicted octanol–water partition coefficient (Wildman–Crippen LogP) is 1.72. The zero-order chi connectivity index (χ0) is 12.2. The highest BCUT2D eigenvalue weighted by molar-refractivity contribution is 4.96. The fourth-order valence-corrected chi connectivity index (χ4v) is 1.71. The first-order valence-electron chi connectivity index (χ1n) is 5.45. The summed E-state index contributed by atoms with van der Waals surface area (Å²) in [6, 6.07) is 0.102. The Morgan fingerprint density at radius 2 is 2.00 bits per heavy atom. The molecule has 1 N–H and O–H groups in total. The molecule has 16 heavy (non-hydrogen) atoms. The van der Waals surface area contributed by atoms with Crippen LogP contribution >= 0.6 is 0 Å². The van der Waals surface area contributed by atoms with E-state index in [-0.39, 0.29) is 12.1 Å². The quantitative estimate of drug-likeness (QED) is 0.768. The van der Waals surface area contributed by atoms with Crippen molar-refractivity contribution in [3.63, 3.8) is 0 Å². The summed E-state index contributed by atoms with van der Waals surface area (Å²) >= 11 is 0. The number of likely N-dealkylation sites (N-methyl/N-ethyl adjacent to an activating group) is 1. The van der Waals surface area contributed by atoms with Crippen molar-refractivity contribution in [2.45, 2.75) is 44.2 Å². The van der Waals surface area contributed by atoms with Crippen LogP contribution in [0.2, 0.25) is 0 Å². The molecule has 3 atom stereocenters. The van der Waals surface area contributed by atoms with E-state index in [0.29, 0.717) is 13.0 Å². The molecule has 0 amide bonds. The molecule has 1 aliphatic carbocycles. The minimum absolute atomic E-state index is 0.102. The SMILES string of the molecule is CCCOC1C(NC)CC1OCC(F)(F)F. The first-order valence-corrected chi connectivity index (χ1v) is 5.45. The lowest BCUT2D eigenvalue weighted by Crippen LogP contribution is -2.59. The molecular formula is C10H18F3NO2. The molecular weight excluding hydrogens is 223 g/mol. The van der Waals surface area contributed by atoms with E-state index in [1.165, 1.54) is 0 Å². The summed E-state index contributed by atoms with van der Waals surface area (Å²) in [6.07, 6.45) is -3.54. The molecule has 3 nitrogen and oxygen atoms in total. The zero-order valence-electron chi connectivity index (χ0n) is 9.51. The van der Waals surface area contributed by atoms with E-state index in [4.69, 9.17) is 9.47 Å². The van der Waals surface area contributed by atoms with Gasteiger partial charge in [0, 0.05) is 12.6 Å². The van der Waals surface area contributed by atoms with Gasteiger partial charge in [0.2, 0.25) is 0 Å². The van der Waals surface area contributed by atoms with Gasteiger partial charge in [-0.3, -0.25) is 0 Å². The van der Waals surface area contributed by atoms with Crippen LogP contribution in [0.4, 0.5) is 13.2 Å². The Morgan fingerprint density at radius 3 is 2.50 bits per heavy atom. The lowest BCUT2D eigenvalue weighted by atomic mass is 9.85. The van der Waals surface area contributed by atoms with Crippen LogP contribution in [-0.4, -0.2) is 44.7 Å². The van der Waals surface area contributed by atoms with Gasteiger partial charge in [-0.25, -0.2) is 0 Å². The van der Waals surface area contributed by atoms with Gasteiger partial charge in [0.25, 0.3) is 0 Å². The van der Waals surface area contributed by atoms with Crippen molar-refractivity contribution < 1.29 is 22.6 Å². The van der Waals surface area contributed by atoms with Crippen LogP contribution in [0.15, 0.2) is 0 Å². The smallest absolute Gasteiger partial charge is 0.374 e. The molecule has 1 rings (SSSR count). The third kappa shape index (κ3) is 3.92. The molecule has 1 aliphatic rings. The van der Waals surface area contributed by atoms with Crippen LogP contribution in [0.3, 0.4) is 0 Å². The van der Waals surface area contributed by atoms with Gasteiger partial charge in [0.15, 0.2) is 0 Å². The Morgan fingerprint density at radius 1 is 1.31 bits per heavy atom. The van der Waals surface area contributed by atoms with E-state index in [2.05, 4.69) is 5.32 Å². The summed E-state index contributed by atoms with van der Waals surface area (Å²) in [5, 5.41) is 3.00. The maximum atomic E-state index is 12.0. The number of alkyl halides is 3. The zero-order valence-corrected chi connectivity index (χ0v) is 9.51. The van der Waals surface area contributed by atoms with Crippen molar-refractivity contribution in [1.29, 1.82) is 0 Å². The number of halogens is 3. The number of ether oxygens (including phenoxy) is 2. The van der Waals surface area contributed by atoms with Crippen LogP contribution < -0.4 is 5.32 Å². The maximum absolute atomic E-state index is 12.0. The van der Waals surface area contributed by atoms with E-state index < -0.39 is 18.9 Å². The predicted molar refractivity (Wildman–Crippen MR) is 53.3 cm³/mol. The molecule has 3 unspecified atom stereocenters. The average Bonchev–Trinajstić information content (AvgIpc) is 2.15. The second-order valence-corrected chi connectivity index (χ2v) is 3.93. The second kappa shape index (κ2) is 5.84. The Bertz CT molecular complexity index is 211. The van der Waals surface area contributed by atoms with Gasteiger partial charge in [-0.15, -0.1) is 0 Å². The third-order valence-electron chi connectivity index (χ3n) is 2.60. The molecule has 0 radical (unpaired) electrons. The monoisotopic (exact) mass is 241 g/mol. The van der Waals surface area contributed by atoms with Crippen molar-refractivity contribution >= 4 is 0 Å². The van der Waals surface area contributed by atoms with Crippen molar-refractivity contribution in [2.24, 2.45) is 0 Å². The lowest BCUT2D eigenvalue weighted by Gasteiger charge is -2.43. The Labute approximate surface area is 93.3 Å². The highest BCUT2D eigenvalue weighted by Crippen LogP contribution is 2.29. The van der Waals surface area contributed by atoms with Gasteiger partial charge in [-0.05, 0) is 19.9 Å². The highest BCUT2D eigenvalue weighted by Gasteiger charge is 2.43. The van der Waals surface area contributed by atoms with Gasteiger partial charge in [0.1, 0.15) is 6.61 Å². The molecule has 0 aromatic heterocycles. The molecule has 96 valence electrons. The summed E-state index contributed by atoms with van der Waals surface area (Å²) in [6.45, 7) is 1.31. The number of hydrogen-bond acceptors (Lipinski definition) is 3. The average molecular weight is 241 g/mol. The molecule has 1 saturated carbocycles. The first kappa shape index (κ1) is 13.7. The van der Waals surface area contributed by atoms with E-state index >= 15 is 0 Å². The first-order chi connectivity index (χ1) is 7.48. The molecule has 0 saturated heterocycles.